The van der Waals surface area contributed by atoms with Gasteiger partial charge < -0.3 is 14.4 Å². The summed E-state index contributed by atoms with van der Waals surface area (Å²) in [4.78, 5) is 22.7. The maximum atomic E-state index is 12.2. The molecular weight excluding hydrogens is 234 g/mol. The van der Waals surface area contributed by atoms with Crippen molar-refractivity contribution >= 4 is 12.0 Å². The van der Waals surface area contributed by atoms with Crippen LogP contribution in [0.25, 0.3) is 6.08 Å². The first-order valence-corrected chi connectivity index (χ1v) is 5.58. The molecule has 0 amide bonds. The van der Waals surface area contributed by atoms with Crippen molar-refractivity contribution in [1.82, 2.24) is 4.57 Å². The number of carbonyl (C=O) groups is 1. The van der Waals surface area contributed by atoms with E-state index in [0.717, 1.165) is 17.3 Å². The molecule has 0 fully saturated rings. The van der Waals surface area contributed by atoms with Gasteiger partial charge in [-0.1, -0.05) is 0 Å². The molecule has 1 N–H and O–H groups in total. The monoisotopic (exact) mass is 251 g/mol. The van der Waals surface area contributed by atoms with Crippen LogP contribution in [0.1, 0.15) is 16.8 Å². The number of methoxy groups -OCH3 is 1. The fraction of sp³-hybridized carbons (Fsp3) is 0.385. The van der Waals surface area contributed by atoms with E-state index in [-0.39, 0.29) is 5.56 Å². The molecule has 0 saturated carbocycles. The summed E-state index contributed by atoms with van der Waals surface area (Å²) in [5.74, 6) is -1.07. The van der Waals surface area contributed by atoms with Crippen LogP contribution >= 0.6 is 0 Å². The third-order valence-corrected chi connectivity index (χ3v) is 2.66. The van der Waals surface area contributed by atoms with Crippen LogP contribution in [0.4, 0.5) is 0 Å². The van der Waals surface area contributed by atoms with Crippen LogP contribution in [0.15, 0.2) is 16.9 Å². The second-order valence-electron chi connectivity index (χ2n) is 4.00. The second-order valence-corrected chi connectivity index (χ2v) is 4.00. The SMILES string of the molecule is COCCn1c(C)cc(C)c(/C=C/C(=O)O)c1=O. The van der Waals surface area contributed by atoms with E-state index in [4.69, 9.17) is 9.84 Å². The fourth-order valence-corrected chi connectivity index (χ4v) is 1.76. The Morgan fingerprint density at radius 2 is 2.17 bits per heavy atom. The van der Waals surface area contributed by atoms with Gasteiger partial charge in [-0.05, 0) is 31.6 Å². The van der Waals surface area contributed by atoms with Gasteiger partial charge >= 0.3 is 5.97 Å². The Balaban J connectivity index is 3.26. The predicted octanol–water partition coefficient (Wildman–Crippen LogP) is 1.21. The number of aliphatic carboxylic acids is 1. The van der Waals surface area contributed by atoms with Crippen molar-refractivity contribution in [3.8, 4) is 0 Å². The number of rotatable bonds is 5. The summed E-state index contributed by atoms with van der Waals surface area (Å²) in [6.45, 7) is 4.52. The minimum absolute atomic E-state index is 0.193. The average molecular weight is 251 g/mol. The number of ether oxygens (including phenoxy) is 1. The van der Waals surface area contributed by atoms with Gasteiger partial charge in [-0.3, -0.25) is 4.79 Å². The van der Waals surface area contributed by atoms with Crippen LogP contribution in [-0.2, 0) is 16.1 Å². The number of hydrogen-bond donors (Lipinski definition) is 1. The average Bonchev–Trinajstić information content (AvgIpc) is 2.27. The number of aryl methyl sites for hydroxylation is 2. The van der Waals surface area contributed by atoms with Gasteiger partial charge in [-0.25, -0.2) is 4.79 Å². The Hall–Kier alpha value is -1.88. The Kier molecular flexibility index (Phi) is 4.85. The van der Waals surface area contributed by atoms with Gasteiger partial charge in [0, 0.05) is 31.0 Å². The second kappa shape index (κ2) is 6.16. The highest BCUT2D eigenvalue weighted by Crippen LogP contribution is 2.08. The van der Waals surface area contributed by atoms with Crippen LogP contribution in [0, 0.1) is 13.8 Å². The topological polar surface area (TPSA) is 68.5 Å². The van der Waals surface area contributed by atoms with Crippen LogP contribution < -0.4 is 5.56 Å². The van der Waals surface area contributed by atoms with Gasteiger partial charge in [-0.15, -0.1) is 0 Å². The normalized spacial score (nSPS) is 11.1. The zero-order valence-electron chi connectivity index (χ0n) is 10.8. The largest absolute Gasteiger partial charge is 0.478 e. The molecule has 0 saturated heterocycles. The lowest BCUT2D eigenvalue weighted by molar-refractivity contribution is -0.131. The molecule has 0 aromatic carbocycles. The predicted molar refractivity (Wildman–Crippen MR) is 68.7 cm³/mol. The van der Waals surface area contributed by atoms with E-state index < -0.39 is 5.97 Å². The molecule has 0 atom stereocenters. The Morgan fingerprint density at radius 1 is 1.50 bits per heavy atom. The minimum atomic E-state index is -1.07. The molecule has 0 spiro atoms. The number of hydrogen-bond acceptors (Lipinski definition) is 3. The summed E-state index contributed by atoms with van der Waals surface area (Å²) < 4.78 is 6.53. The molecule has 18 heavy (non-hydrogen) atoms. The van der Waals surface area contributed by atoms with Crippen LogP contribution in [-0.4, -0.2) is 29.4 Å². The highest BCUT2D eigenvalue weighted by Gasteiger charge is 2.08. The standard InChI is InChI=1S/C13H17NO4/c1-9-8-10(2)14(6-7-18-3)13(17)11(9)4-5-12(15)16/h4-5,8H,6-7H2,1-3H3,(H,15,16)/b5-4+. The lowest BCUT2D eigenvalue weighted by Crippen LogP contribution is -2.27. The molecule has 0 aliphatic rings. The first-order valence-electron chi connectivity index (χ1n) is 5.58. The van der Waals surface area contributed by atoms with Crippen LogP contribution in [0.3, 0.4) is 0 Å². The number of nitrogens with zero attached hydrogens (tertiary/aromatic N) is 1. The molecular formula is C13H17NO4. The number of carboxylic acid groups (broad SMARTS) is 1. The van der Waals surface area contributed by atoms with E-state index in [1.807, 2.05) is 13.0 Å². The van der Waals surface area contributed by atoms with Gasteiger partial charge in [0.2, 0.25) is 0 Å². The zero-order valence-corrected chi connectivity index (χ0v) is 10.8. The Morgan fingerprint density at radius 3 is 2.72 bits per heavy atom. The van der Waals surface area contributed by atoms with E-state index in [0.29, 0.717) is 18.7 Å². The first kappa shape index (κ1) is 14.2. The van der Waals surface area contributed by atoms with Crippen molar-refractivity contribution in [3.63, 3.8) is 0 Å². The summed E-state index contributed by atoms with van der Waals surface area (Å²) >= 11 is 0. The maximum absolute atomic E-state index is 12.2. The van der Waals surface area contributed by atoms with Crippen molar-refractivity contribution < 1.29 is 14.6 Å². The van der Waals surface area contributed by atoms with Crippen LogP contribution in [0.2, 0.25) is 0 Å². The van der Waals surface area contributed by atoms with Crippen molar-refractivity contribution in [3.05, 3.63) is 39.3 Å². The molecule has 5 nitrogen and oxygen atoms in total. The molecule has 1 rings (SSSR count). The van der Waals surface area contributed by atoms with E-state index in [2.05, 4.69) is 0 Å². The highest BCUT2D eigenvalue weighted by atomic mass is 16.5. The zero-order chi connectivity index (χ0) is 13.7. The molecule has 0 radical (unpaired) electrons. The molecule has 0 aliphatic heterocycles. The number of carboxylic acids is 1. The first-order chi connectivity index (χ1) is 8.47. The lowest BCUT2D eigenvalue weighted by atomic mass is 10.1. The Labute approximate surface area is 105 Å². The molecule has 1 heterocycles. The van der Waals surface area contributed by atoms with Gasteiger partial charge in [0.05, 0.1) is 6.61 Å². The highest BCUT2D eigenvalue weighted by molar-refractivity contribution is 5.85. The lowest BCUT2D eigenvalue weighted by Gasteiger charge is -2.12. The fourth-order valence-electron chi connectivity index (χ4n) is 1.76. The molecule has 0 unspecified atom stereocenters. The summed E-state index contributed by atoms with van der Waals surface area (Å²) in [6.07, 6.45) is 2.31. The maximum Gasteiger partial charge on any atom is 0.328 e. The summed E-state index contributed by atoms with van der Waals surface area (Å²) in [5.41, 5.74) is 1.81. The molecule has 0 aliphatic carbocycles. The van der Waals surface area contributed by atoms with Crippen molar-refractivity contribution in [1.29, 1.82) is 0 Å². The van der Waals surface area contributed by atoms with Gasteiger partial charge in [0.15, 0.2) is 0 Å². The van der Waals surface area contributed by atoms with Gasteiger partial charge in [-0.2, -0.15) is 0 Å². The minimum Gasteiger partial charge on any atom is -0.478 e. The smallest absolute Gasteiger partial charge is 0.328 e. The van der Waals surface area contributed by atoms with Crippen molar-refractivity contribution in [2.45, 2.75) is 20.4 Å². The summed E-state index contributed by atoms with van der Waals surface area (Å²) in [7, 11) is 1.57. The van der Waals surface area contributed by atoms with Gasteiger partial charge in [0.25, 0.3) is 5.56 Å². The molecule has 0 bridgehead atoms. The van der Waals surface area contributed by atoms with Gasteiger partial charge in [0.1, 0.15) is 0 Å². The quantitative estimate of drug-likeness (QED) is 0.799. The third kappa shape index (κ3) is 3.30. The van der Waals surface area contributed by atoms with Crippen molar-refractivity contribution in [2.24, 2.45) is 0 Å². The molecule has 1 aromatic rings. The van der Waals surface area contributed by atoms with E-state index in [1.165, 1.54) is 6.08 Å². The van der Waals surface area contributed by atoms with E-state index in [9.17, 15) is 9.59 Å². The van der Waals surface area contributed by atoms with E-state index in [1.54, 1.807) is 18.6 Å². The Bertz CT molecular complexity index is 529. The van der Waals surface area contributed by atoms with Crippen molar-refractivity contribution in [2.75, 3.05) is 13.7 Å². The molecule has 98 valence electrons. The number of pyridine rings is 1. The summed E-state index contributed by atoms with van der Waals surface area (Å²) in [6, 6.07) is 1.86. The van der Waals surface area contributed by atoms with E-state index >= 15 is 0 Å². The van der Waals surface area contributed by atoms with Crippen LogP contribution in [0.5, 0.6) is 0 Å². The summed E-state index contributed by atoms with van der Waals surface area (Å²) in [5, 5.41) is 8.61. The third-order valence-electron chi connectivity index (χ3n) is 2.66. The molecule has 1 aromatic heterocycles. The number of aromatic nitrogens is 1. The molecule has 5 heteroatoms.